The quantitative estimate of drug-likeness (QED) is 0.868. The number of likely N-dealkylation sites (N-methyl/N-ethyl adjacent to an activating group) is 1. The Morgan fingerprint density at radius 2 is 2.17 bits per heavy atom. The Labute approximate surface area is 122 Å². The van der Waals surface area contributed by atoms with Crippen LogP contribution in [0.15, 0.2) is 22.7 Å². The van der Waals surface area contributed by atoms with Gasteiger partial charge in [-0.1, -0.05) is 33.6 Å². The van der Waals surface area contributed by atoms with Crippen LogP contribution in [0.4, 0.5) is 0 Å². The van der Waals surface area contributed by atoms with Gasteiger partial charge in [0.15, 0.2) is 0 Å². The van der Waals surface area contributed by atoms with Crippen molar-refractivity contribution in [3.8, 4) is 0 Å². The molecule has 2 unspecified atom stereocenters. The molecule has 18 heavy (non-hydrogen) atoms. The highest BCUT2D eigenvalue weighted by Gasteiger charge is 2.22. The van der Waals surface area contributed by atoms with Crippen LogP contribution in [0, 0.1) is 0 Å². The van der Waals surface area contributed by atoms with Crippen molar-refractivity contribution in [3.05, 3.63) is 33.3 Å². The zero-order valence-electron chi connectivity index (χ0n) is 11.0. The monoisotopic (exact) mass is 334 g/mol. The number of ether oxygens (including phenoxy) is 1. The summed E-state index contributed by atoms with van der Waals surface area (Å²) < 4.78 is 6.18. The lowest BCUT2D eigenvalue weighted by Crippen LogP contribution is -2.39. The molecule has 0 saturated carbocycles. The van der Waals surface area contributed by atoms with E-state index < -0.39 is 0 Å². The number of nitrogens with zero attached hydrogens (tertiary/aromatic N) is 1. The van der Waals surface area contributed by atoms with Gasteiger partial charge in [-0.25, -0.2) is 0 Å². The van der Waals surface area contributed by atoms with Crippen molar-refractivity contribution >= 4 is 27.5 Å². The van der Waals surface area contributed by atoms with E-state index in [1.807, 2.05) is 18.2 Å². The number of hydrogen-bond acceptors (Lipinski definition) is 3. The van der Waals surface area contributed by atoms with Gasteiger partial charge in [-0.2, -0.15) is 0 Å². The number of halogens is 2. The van der Waals surface area contributed by atoms with E-state index in [-0.39, 0.29) is 6.04 Å². The van der Waals surface area contributed by atoms with Crippen LogP contribution in [-0.2, 0) is 4.74 Å². The molecule has 0 bridgehead atoms. The molecule has 2 atom stereocenters. The van der Waals surface area contributed by atoms with Crippen LogP contribution in [0.25, 0.3) is 0 Å². The summed E-state index contributed by atoms with van der Waals surface area (Å²) in [6, 6.07) is 6.24. The van der Waals surface area contributed by atoms with Gasteiger partial charge in [0.1, 0.15) is 0 Å². The summed E-state index contributed by atoms with van der Waals surface area (Å²) in [6.07, 6.45) is 0. The third kappa shape index (κ3) is 3.93. The smallest absolute Gasteiger partial charge is 0.0615 e. The highest BCUT2D eigenvalue weighted by molar-refractivity contribution is 9.10. The molecule has 1 aromatic carbocycles. The van der Waals surface area contributed by atoms with Gasteiger partial charge < -0.3 is 10.5 Å². The topological polar surface area (TPSA) is 38.5 Å². The maximum absolute atomic E-state index is 5.96. The van der Waals surface area contributed by atoms with E-state index in [0.29, 0.717) is 24.2 Å². The van der Waals surface area contributed by atoms with Crippen LogP contribution in [-0.4, -0.2) is 38.3 Å². The van der Waals surface area contributed by atoms with Crippen LogP contribution >= 0.6 is 27.5 Å². The molecule has 0 aromatic heterocycles. The number of methoxy groups -OCH3 is 1. The molecular weight excluding hydrogens is 316 g/mol. The Morgan fingerprint density at radius 1 is 1.50 bits per heavy atom. The molecule has 0 aliphatic carbocycles. The predicted octanol–water partition coefficient (Wildman–Crippen LogP) is 3.07. The first-order chi connectivity index (χ1) is 8.51. The maximum atomic E-state index is 5.96. The molecule has 0 aliphatic heterocycles. The highest BCUT2D eigenvalue weighted by Crippen LogP contribution is 2.30. The molecule has 102 valence electrons. The Balaban J connectivity index is 2.94. The average Bonchev–Trinajstić information content (AvgIpc) is 2.32. The Hall–Kier alpha value is -0.130. The van der Waals surface area contributed by atoms with E-state index >= 15 is 0 Å². The van der Waals surface area contributed by atoms with E-state index in [0.717, 1.165) is 10.0 Å². The van der Waals surface area contributed by atoms with Crippen LogP contribution in [0.5, 0.6) is 0 Å². The first kappa shape index (κ1) is 15.9. The molecular formula is C13H20BrClN2O. The predicted molar refractivity (Wildman–Crippen MR) is 80.0 cm³/mol. The number of rotatable bonds is 6. The van der Waals surface area contributed by atoms with Crippen molar-refractivity contribution in [2.24, 2.45) is 5.73 Å². The van der Waals surface area contributed by atoms with Crippen molar-refractivity contribution in [2.75, 3.05) is 27.3 Å². The van der Waals surface area contributed by atoms with Gasteiger partial charge in [-0.05, 0) is 31.7 Å². The van der Waals surface area contributed by atoms with Crippen LogP contribution in [0.2, 0.25) is 5.02 Å². The Kier molecular flexibility index (Phi) is 6.60. The minimum atomic E-state index is 0.141. The van der Waals surface area contributed by atoms with Gasteiger partial charge in [-0.15, -0.1) is 0 Å². The van der Waals surface area contributed by atoms with Gasteiger partial charge in [0, 0.05) is 35.2 Å². The van der Waals surface area contributed by atoms with Crippen molar-refractivity contribution < 1.29 is 4.74 Å². The molecule has 5 heteroatoms. The molecule has 1 rings (SSSR count). The van der Waals surface area contributed by atoms with Crippen LogP contribution < -0.4 is 5.73 Å². The average molecular weight is 336 g/mol. The van der Waals surface area contributed by atoms with Gasteiger partial charge in [0.2, 0.25) is 0 Å². The van der Waals surface area contributed by atoms with Gasteiger partial charge in [0.25, 0.3) is 0 Å². The summed E-state index contributed by atoms with van der Waals surface area (Å²) in [5.41, 5.74) is 7.06. The number of nitrogens with two attached hydrogens (primary N) is 1. The first-order valence-electron chi connectivity index (χ1n) is 5.87. The molecule has 0 heterocycles. The third-order valence-electron chi connectivity index (χ3n) is 3.14. The first-order valence-corrected chi connectivity index (χ1v) is 7.04. The lowest BCUT2D eigenvalue weighted by atomic mass is 10.0. The largest absolute Gasteiger partial charge is 0.383 e. The van der Waals surface area contributed by atoms with Gasteiger partial charge >= 0.3 is 0 Å². The second-order valence-electron chi connectivity index (χ2n) is 4.39. The molecule has 0 aliphatic rings. The standard InChI is InChI=1S/C13H20BrClN2O/c1-9(8-18-3)17(2)13(7-16)11-5-4-10(15)6-12(11)14/h4-6,9,13H,7-8,16H2,1-3H3. The van der Waals surface area contributed by atoms with Crippen molar-refractivity contribution in [1.29, 1.82) is 0 Å². The van der Waals surface area contributed by atoms with E-state index in [4.69, 9.17) is 22.1 Å². The van der Waals surface area contributed by atoms with Crippen LogP contribution in [0.1, 0.15) is 18.5 Å². The minimum absolute atomic E-state index is 0.141. The molecule has 0 radical (unpaired) electrons. The van der Waals surface area contributed by atoms with Gasteiger partial charge in [-0.3, -0.25) is 4.90 Å². The number of hydrogen-bond donors (Lipinski definition) is 1. The summed E-state index contributed by atoms with van der Waals surface area (Å²) in [5, 5.41) is 0.717. The molecule has 0 saturated heterocycles. The lowest BCUT2D eigenvalue weighted by Gasteiger charge is -2.33. The molecule has 0 spiro atoms. The zero-order valence-corrected chi connectivity index (χ0v) is 13.3. The highest BCUT2D eigenvalue weighted by atomic mass is 79.9. The number of benzene rings is 1. The Morgan fingerprint density at radius 3 is 2.67 bits per heavy atom. The second-order valence-corrected chi connectivity index (χ2v) is 5.68. The summed E-state index contributed by atoms with van der Waals surface area (Å²) in [6.45, 7) is 3.35. The Bertz CT molecular complexity index is 389. The van der Waals surface area contributed by atoms with E-state index in [1.165, 1.54) is 0 Å². The SMILES string of the molecule is COCC(C)N(C)C(CN)c1ccc(Cl)cc1Br. The van der Waals surface area contributed by atoms with E-state index in [9.17, 15) is 0 Å². The third-order valence-corrected chi connectivity index (χ3v) is 4.06. The van der Waals surface area contributed by atoms with E-state index in [1.54, 1.807) is 7.11 Å². The molecule has 0 fully saturated rings. The van der Waals surface area contributed by atoms with Crippen LogP contribution in [0.3, 0.4) is 0 Å². The second kappa shape index (κ2) is 7.46. The summed E-state index contributed by atoms with van der Waals surface area (Å²) >= 11 is 9.51. The fourth-order valence-electron chi connectivity index (χ4n) is 1.95. The molecule has 3 nitrogen and oxygen atoms in total. The van der Waals surface area contributed by atoms with E-state index in [2.05, 4.69) is 34.8 Å². The normalized spacial score (nSPS) is 14.8. The zero-order chi connectivity index (χ0) is 13.7. The van der Waals surface area contributed by atoms with Crippen molar-refractivity contribution in [3.63, 3.8) is 0 Å². The van der Waals surface area contributed by atoms with Crippen molar-refractivity contribution in [1.82, 2.24) is 4.90 Å². The molecule has 2 N–H and O–H groups in total. The maximum Gasteiger partial charge on any atom is 0.0615 e. The summed E-state index contributed by atoms with van der Waals surface area (Å²) in [5.74, 6) is 0. The fourth-order valence-corrected chi connectivity index (χ4v) is 2.90. The molecule has 0 amide bonds. The molecule has 1 aromatic rings. The van der Waals surface area contributed by atoms with Crippen molar-refractivity contribution in [2.45, 2.75) is 19.0 Å². The van der Waals surface area contributed by atoms with Gasteiger partial charge in [0.05, 0.1) is 6.61 Å². The summed E-state index contributed by atoms with van der Waals surface area (Å²) in [4.78, 5) is 2.22. The minimum Gasteiger partial charge on any atom is -0.383 e. The lowest BCUT2D eigenvalue weighted by molar-refractivity contribution is 0.0908. The summed E-state index contributed by atoms with van der Waals surface area (Å²) in [7, 11) is 3.77. The fraction of sp³-hybridized carbons (Fsp3) is 0.538.